The van der Waals surface area contributed by atoms with Crippen molar-refractivity contribution in [1.82, 2.24) is 4.90 Å². The second kappa shape index (κ2) is 6.51. The minimum atomic E-state index is 0.181. The van der Waals surface area contributed by atoms with Gasteiger partial charge >= 0.3 is 0 Å². The Balaban J connectivity index is 1.99. The predicted octanol–water partition coefficient (Wildman–Crippen LogP) is 1.97. The van der Waals surface area contributed by atoms with Crippen LogP contribution in [-0.2, 0) is 0 Å². The molecule has 4 N–H and O–H groups in total. The molecule has 0 bridgehead atoms. The van der Waals surface area contributed by atoms with Gasteiger partial charge in [-0.05, 0) is 56.8 Å². The molecule has 1 aliphatic rings. The van der Waals surface area contributed by atoms with Gasteiger partial charge in [-0.1, -0.05) is 23.8 Å². The van der Waals surface area contributed by atoms with Gasteiger partial charge in [-0.3, -0.25) is 0 Å². The second-order valence-electron chi connectivity index (χ2n) is 5.85. The molecule has 1 aliphatic heterocycles. The summed E-state index contributed by atoms with van der Waals surface area (Å²) in [5.74, 6) is 0.607. The maximum absolute atomic E-state index is 6.50. The molecule has 0 amide bonds. The summed E-state index contributed by atoms with van der Waals surface area (Å²) in [7, 11) is 0. The Morgan fingerprint density at radius 2 is 1.95 bits per heavy atom. The van der Waals surface area contributed by atoms with E-state index in [1.54, 1.807) is 0 Å². The fourth-order valence-corrected chi connectivity index (χ4v) is 3.17. The van der Waals surface area contributed by atoms with E-state index < -0.39 is 0 Å². The first-order valence-corrected chi connectivity index (χ1v) is 7.37. The van der Waals surface area contributed by atoms with Gasteiger partial charge in [-0.15, -0.1) is 0 Å². The molecular formula is C16H27N3. The van der Waals surface area contributed by atoms with E-state index in [-0.39, 0.29) is 6.04 Å². The number of nitrogens with two attached hydrogens (primary N) is 2. The van der Waals surface area contributed by atoms with Crippen molar-refractivity contribution in [1.29, 1.82) is 0 Å². The van der Waals surface area contributed by atoms with Gasteiger partial charge in [-0.25, -0.2) is 0 Å². The molecule has 0 radical (unpaired) electrons. The van der Waals surface area contributed by atoms with Crippen molar-refractivity contribution >= 4 is 0 Å². The van der Waals surface area contributed by atoms with Crippen molar-refractivity contribution in [3.8, 4) is 0 Å². The van der Waals surface area contributed by atoms with E-state index in [0.29, 0.717) is 5.92 Å². The molecule has 1 saturated heterocycles. The zero-order chi connectivity index (χ0) is 13.8. The average molecular weight is 261 g/mol. The smallest absolute Gasteiger partial charge is 0.0327 e. The molecule has 3 nitrogen and oxygen atoms in total. The van der Waals surface area contributed by atoms with Crippen LogP contribution < -0.4 is 11.5 Å². The molecule has 0 aliphatic carbocycles. The Morgan fingerprint density at radius 1 is 1.26 bits per heavy atom. The van der Waals surface area contributed by atoms with Crippen LogP contribution in [0, 0.1) is 19.8 Å². The topological polar surface area (TPSA) is 55.3 Å². The second-order valence-corrected chi connectivity index (χ2v) is 5.85. The Bertz CT molecular complexity index is 408. The van der Waals surface area contributed by atoms with Crippen molar-refractivity contribution in [3.63, 3.8) is 0 Å². The van der Waals surface area contributed by atoms with Crippen LogP contribution >= 0.6 is 0 Å². The number of piperidine rings is 1. The zero-order valence-corrected chi connectivity index (χ0v) is 12.2. The van der Waals surface area contributed by atoms with E-state index in [2.05, 4.69) is 36.9 Å². The van der Waals surface area contributed by atoms with E-state index in [4.69, 9.17) is 11.5 Å². The lowest BCUT2D eigenvalue weighted by molar-refractivity contribution is 0.172. The van der Waals surface area contributed by atoms with Crippen LogP contribution in [0.15, 0.2) is 18.2 Å². The lowest BCUT2D eigenvalue weighted by atomic mass is 9.84. The number of nitrogens with zero attached hydrogens (tertiary/aromatic N) is 1. The minimum Gasteiger partial charge on any atom is -0.329 e. The fourth-order valence-electron chi connectivity index (χ4n) is 3.17. The van der Waals surface area contributed by atoms with Gasteiger partial charge in [0, 0.05) is 19.1 Å². The van der Waals surface area contributed by atoms with Gasteiger partial charge < -0.3 is 16.4 Å². The monoisotopic (exact) mass is 261 g/mol. The van der Waals surface area contributed by atoms with Crippen LogP contribution in [0.2, 0.25) is 0 Å². The maximum Gasteiger partial charge on any atom is 0.0327 e. The van der Waals surface area contributed by atoms with Gasteiger partial charge in [0.2, 0.25) is 0 Å². The maximum atomic E-state index is 6.50. The summed E-state index contributed by atoms with van der Waals surface area (Å²) in [6.45, 7) is 8.36. The standard InChI is InChI=1S/C16H27N3/c1-12-3-4-15(13(2)11-12)16(18)14-5-8-19(9-6-14)10-7-17/h3-4,11,14,16H,5-10,17-18H2,1-2H3. The lowest BCUT2D eigenvalue weighted by Gasteiger charge is -2.35. The Hall–Kier alpha value is -0.900. The quantitative estimate of drug-likeness (QED) is 0.871. The summed E-state index contributed by atoms with van der Waals surface area (Å²) < 4.78 is 0. The first kappa shape index (κ1) is 14.5. The number of aryl methyl sites for hydroxylation is 2. The molecule has 1 aromatic rings. The third kappa shape index (κ3) is 3.56. The van der Waals surface area contributed by atoms with Crippen LogP contribution in [0.1, 0.15) is 35.6 Å². The van der Waals surface area contributed by atoms with Crippen LogP contribution in [0.3, 0.4) is 0 Å². The third-order valence-corrected chi connectivity index (χ3v) is 4.37. The Morgan fingerprint density at radius 3 is 2.53 bits per heavy atom. The van der Waals surface area contributed by atoms with E-state index in [9.17, 15) is 0 Å². The molecule has 1 fully saturated rings. The fraction of sp³-hybridized carbons (Fsp3) is 0.625. The summed E-state index contributed by atoms with van der Waals surface area (Å²) >= 11 is 0. The van der Waals surface area contributed by atoms with Crippen molar-refractivity contribution in [2.45, 2.75) is 32.7 Å². The number of hydrogen-bond acceptors (Lipinski definition) is 3. The summed E-state index contributed by atoms with van der Waals surface area (Å²) in [4.78, 5) is 2.45. The average Bonchev–Trinajstić information content (AvgIpc) is 2.39. The van der Waals surface area contributed by atoms with E-state index in [1.807, 2.05) is 0 Å². The third-order valence-electron chi connectivity index (χ3n) is 4.37. The summed E-state index contributed by atoms with van der Waals surface area (Å²) in [5, 5.41) is 0. The number of rotatable bonds is 4. The van der Waals surface area contributed by atoms with Crippen molar-refractivity contribution in [3.05, 3.63) is 34.9 Å². The van der Waals surface area contributed by atoms with Crippen LogP contribution in [-0.4, -0.2) is 31.1 Å². The Labute approximate surface area is 117 Å². The normalized spacial score (nSPS) is 19.6. The van der Waals surface area contributed by atoms with Gasteiger partial charge in [0.1, 0.15) is 0 Å². The number of likely N-dealkylation sites (tertiary alicyclic amines) is 1. The number of hydrogen-bond donors (Lipinski definition) is 2. The first-order chi connectivity index (χ1) is 9.11. The van der Waals surface area contributed by atoms with Crippen LogP contribution in [0.5, 0.6) is 0 Å². The van der Waals surface area contributed by atoms with E-state index >= 15 is 0 Å². The molecule has 1 atom stereocenters. The van der Waals surface area contributed by atoms with Gasteiger partial charge in [0.15, 0.2) is 0 Å². The largest absolute Gasteiger partial charge is 0.329 e. The highest BCUT2D eigenvalue weighted by Gasteiger charge is 2.25. The van der Waals surface area contributed by atoms with Crippen LogP contribution in [0.4, 0.5) is 0 Å². The molecule has 1 heterocycles. The first-order valence-electron chi connectivity index (χ1n) is 7.37. The summed E-state index contributed by atoms with van der Waals surface area (Å²) in [5.41, 5.74) is 16.1. The van der Waals surface area contributed by atoms with Crippen molar-refractivity contribution in [2.24, 2.45) is 17.4 Å². The lowest BCUT2D eigenvalue weighted by Crippen LogP contribution is -2.39. The highest BCUT2D eigenvalue weighted by Crippen LogP contribution is 2.30. The van der Waals surface area contributed by atoms with Gasteiger partial charge in [-0.2, -0.15) is 0 Å². The number of benzene rings is 1. The molecule has 1 unspecified atom stereocenters. The SMILES string of the molecule is Cc1ccc(C(N)C2CCN(CCN)CC2)c(C)c1. The highest BCUT2D eigenvalue weighted by molar-refractivity contribution is 5.33. The van der Waals surface area contributed by atoms with Crippen molar-refractivity contribution < 1.29 is 0 Å². The molecular weight excluding hydrogens is 234 g/mol. The molecule has 106 valence electrons. The zero-order valence-electron chi connectivity index (χ0n) is 12.2. The van der Waals surface area contributed by atoms with E-state index in [0.717, 1.165) is 26.2 Å². The minimum absolute atomic E-state index is 0.181. The predicted molar refractivity (Wildman–Crippen MR) is 81.1 cm³/mol. The van der Waals surface area contributed by atoms with Crippen molar-refractivity contribution in [2.75, 3.05) is 26.2 Å². The molecule has 19 heavy (non-hydrogen) atoms. The van der Waals surface area contributed by atoms with Crippen LogP contribution in [0.25, 0.3) is 0 Å². The molecule has 2 rings (SSSR count). The molecule has 0 aromatic heterocycles. The van der Waals surface area contributed by atoms with E-state index in [1.165, 1.54) is 29.5 Å². The molecule has 0 spiro atoms. The Kier molecular flexibility index (Phi) is 4.97. The molecule has 0 saturated carbocycles. The molecule has 3 heteroatoms. The highest BCUT2D eigenvalue weighted by atomic mass is 15.1. The summed E-state index contributed by atoms with van der Waals surface area (Å²) in [6.07, 6.45) is 2.38. The summed E-state index contributed by atoms with van der Waals surface area (Å²) in [6, 6.07) is 6.80. The van der Waals surface area contributed by atoms with Gasteiger partial charge in [0.25, 0.3) is 0 Å². The van der Waals surface area contributed by atoms with Gasteiger partial charge in [0.05, 0.1) is 0 Å². The molecule has 1 aromatic carbocycles.